The number of allylic oxidation sites excluding steroid dienone is 1. The number of piperidine rings is 1. The molecule has 1 aliphatic heterocycles. The van der Waals surface area contributed by atoms with E-state index < -0.39 is 10.0 Å². The highest BCUT2D eigenvalue weighted by molar-refractivity contribution is 7.89. The minimum absolute atomic E-state index is 0.0719. The number of nitrogens with two attached hydrogens (primary N) is 1. The van der Waals surface area contributed by atoms with Crippen LogP contribution in [0.15, 0.2) is 88.1 Å². The van der Waals surface area contributed by atoms with Gasteiger partial charge in [0, 0.05) is 36.1 Å². The van der Waals surface area contributed by atoms with Crippen LogP contribution in [0.1, 0.15) is 51.5 Å². The third-order valence-electron chi connectivity index (χ3n) is 7.51. The van der Waals surface area contributed by atoms with Gasteiger partial charge in [-0.2, -0.15) is 0 Å². The molecule has 0 saturated carbocycles. The Morgan fingerprint density at radius 3 is 2.49 bits per heavy atom. The van der Waals surface area contributed by atoms with E-state index in [9.17, 15) is 8.42 Å². The Morgan fingerprint density at radius 2 is 1.79 bits per heavy atom. The molecule has 4 aromatic rings. The molecule has 1 saturated heterocycles. The number of H-pyrrole nitrogens is 1. The summed E-state index contributed by atoms with van der Waals surface area (Å²) in [6, 6.07) is 19.1. The number of aliphatic imine (C=N–C) groups is 1. The molecule has 0 aliphatic carbocycles. The molecule has 3 N–H and O–H groups in total. The van der Waals surface area contributed by atoms with Gasteiger partial charge in [0.1, 0.15) is 17.8 Å². The van der Waals surface area contributed by atoms with Crippen LogP contribution in [0.5, 0.6) is 0 Å². The van der Waals surface area contributed by atoms with Crippen molar-refractivity contribution in [3.05, 3.63) is 83.8 Å². The van der Waals surface area contributed by atoms with Gasteiger partial charge in [0.25, 0.3) is 0 Å². The van der Waals surface area contributed by atoms with Gasteiger partial charge in [-0.25, -0.2) is 23.5 Å². The molecular weight excluding hydrogens is 508 g/mol. The Balaban J connectivity index is 1.36. The van der Waals surface area contributed by atoms with Crippen molar-refractivity contribution in [1.29, 1.82) is 0 Å². The van der Waals surface area contributed by atoms with Gasteiger partial charge in [-0.15, -0.1) is 0 Å². The first-order valence-corrected chi connectivity index (χ1v) is 14.8. The molecular formula is C30H34N6O2S. The summed E-state index contributed by atoms with van der Waals surface area (Å²) in [6.45, 7) is 8.15. The SMILES string of the molecule is CCC(C(C)=NC(C)=C1CCN(c2ncnc3[nH]c(-c4cccc(S(N)(=O)=O)c4)cc23)CC1)c1ccccc1. The van der Waals surface area contributed by atoms with E-state index in [2.05, 4.69) is 71.0 Å². The zero-order valence-corrected chi connectivity index (χ0v) is 23.4. The van der Waals surface area contributed by atoms with E-state index in [4.69, 9.17) is 10.1 Å². The van der Waals surface area contributed by atoms with Crippen molar-refractivity contribution in [1.82, 2.24) is 15.0 Å². The second-order valence-electron chi connectivity index (χ2n) is 10.0. The van der Waals surface area contributed by atoms with E-state index in [-0.39, 0.29) is 4.90 Å². The van der Waals surface area contributed by atoms with Crippen LogP contribution >= 0.6 is 0 Å². The first-order valence-electron chi connectivity index (χ1n) is 13.2. The number of hydrogen-bond donors (Lipinski definition) is 2. The lowest BCUT2D eigenvalue weighted by Crippen LogP contribution is -2.31. The zero-order chi connectivity index (χ0) is 27.6. The first-order chi connectivity index (χ1) is 18.7. The lowest BCUT2D eigenvalue weighted by molar-refractivity contribution is 0.598. The molecule has 1 atom stereocenters. The number of hydrogen-bond acceptors (Lipinski definition) is 6. The molecule has 2 aromatic carbocycles. The van der Waals surface area contributed by atoms with Crippen LogP contribution < -0.4 is 10.0 Å². The molecule has 39 heavy (non-hydrogen) atoms. The number of aromatic amines is 1. The van der Waals surface area contributed by atoms with E-state index in [1.807, 2.05) is 12.1 Å². The molecule has 0 amide bonds. The maximum absolute atomic E-state index is 11.8. The van der Waals surface area contributed by atoms with Gasteiger partial charge in [0.15, 0.2) is 0 Å². The van der Waals surface area contributed by atoms with Crippen molar-refractivity contribution in [3.63, 3.8) is 0 Å². The van der Waals surface area contributed by atoms with Gasteiger partial charge < -0.3 is 9.88 Å². The summed E-state index contributed by atoms with van der Waals surface area (Å²) in [5.41, 5.74) is 7.16. The molecule has 0 radical (unpaired) electrons. The van der Waals surface area contributed by atoms with E-state index in [1.165, 1.54) is 17.2 Å². The van der Waals surface area contributed by atoms with Gasteiger partial charge >= 0.3 is 0 Å². The molecule has 1 aliphatic rings. The summed E-state index contributed by atoms with van der Waals surface area (Å²) in [7, 11) is -3.79. The number of sulfonamides is 1. The molecule has 8 nitrogen and oxygen atoms in total. The highest BCUT2D eigenvalue weighted by Gasteiger charge is 2.21. The minimum atomic E-state index is -3.79. The summed E-state index contributed by atoms with van der Waals surface area (Å²) >= 11 is 0. The molecule has 9 heteroatoms. The fourth-order valence-electron chi connectivity index (χ4n) is 5.40. The number of nitrogens with zero attached hydrogens (tertiary/aromatic N) is 4. The van der Waals surface area contributed by atoms with E-state index >= 15 is 0 Å². The second-order valence-corrected chi connectivity index (χ2v) is 11.6. The molecule has 3 heterocycles. The van der Waals surface area contributed by atoms with Gasteiger partial charge in [0.05, 0.1) is 10.3 Å². The van der Waals surface area contributed by atoms with Crippen LogP contribution in [-0.4, -0.2) is 42.2 Å². The fraction of sp³-hybridized carbons (Fsp3) is 0.300. The standard InChI is InChI=1S/C30H34N6O2S/c1-4-26(23-9-6-5-7-10-23)21(3)34-20(2)22-13-15-36(16-14-22)30-27-18-28(35-29(27)32-19-33-30)24-11-8-12-25(17-24)39(31,37)38/h5-12,17-19,26H,4,13-16H2,1-3H3,(H2,31,37,38)(H,32,33,35). The summed E-state index contributed by atoms with van der Waals surface area (Å²) in [6.07, 6.45) is 4.43. The molecule has 5 rings (SSSR count). The van der Waals surface area contributed by atoms with Crippen LogP contribution in [0.2, 0.25) is 0 Å². The largest absolute Gasteiger partial charge is 0.355 e. The third kappa shape index (κ3) is 5.79. The van der Waals surface area contributed by atoms with E-state index in [0.29, 0.717) is 11.6 Å². The highest BCUT2D eigenvalue weighted by atomic mass is 32.2. The topological polar surface area (TPSA) is 117 Å². The van der Waals surface area contributed by atoms with Crippen LogP contribution in [0.25, 0.3) is 22.3 Å². The minimum Gasteiger partial charge on any atom is -0.355 e. The number of rotatable bonds is 7. The van der Waals surface area contributed by atoms with Crippen molar-refractivity contribution in [2.45, 2.75) is 50.8 Å². The lowest BCUT2D eigenvalue weighted by atomic mass is 9.92. The van der Waals surface area contributed by atoms with Crippen molar-refractivity contribution < 1.29 is 8.42 Å². The summed E-state index contributed by atoms with van der Waals surface area (Å²) < 4.78 is 23.6. The molecule has 202 valence electrons. The monoisotopic (exact) mass is 542 g/mol. The molecule has 1 unspecified atom stereocenters. The molecule has 2 aromatic heterocycles. The molecule has 0 bridgehead atoms. The van der Waals surface area contributed by atoms with Crippen molar-refractivity contribution in [2.75, 3.05) is 18.0 Å². The van der Waals surface area contributed by atoms with Gasteiger partial charge in [-0.3, -0.25) is 4.99 Å². The number of anilines is 1. The van der Waals surface area contributed by atoms with E-state index in [1.54, 1.807) is 18.5 Å². The van der Waals surface area contributed by atoms with Crippen LogP contribution in [-0.2, 0) is 10.0 Å². The van der Waals surface area contributed by atoms with Gasteiger partial charge in [-0.05, 0) is 68.0 Å². The Labute approximate surface area is 229 Å². The van der Waals surface area contributed by atoms with Crippen molar-refractivity contribution >= 4 is 32.6 Å². The average molecular weight is 543 g/mol. The molecule has 0 spiro atoms. The number of nitrogens with one attached hydrogen (secondary N) is 1. The van der Waals surface area contributed by atoms with Gasteiger partial charge in [-0.1, -0.05) is 49.4 Å². The van der Waals surface area contributed by atoms with Crippen LogP contribution in [0.3, 0.4) is 0 Å². The van der Waals surface area contributed by atoms with Gasteiger partial charge in [0.2, 0.25) is 10.0 Å². The Hall–Kier alpha value is -3.82. The maximum Gasteiger partial charge on any atom is 0.238 e. The normalized spacial score (nSPS) is 15.5. The predicted octanol–water partition coefficient (Wildman–Crippen LogP) is 5.80. The third-order valence-corrected chi connectivity index (χ3v) is 8.43. The Morgan fingerprint density at radius 1 is 1.05 bits per heavy atom. The van der Waals surface area contributed by atoms with Crippen molar-refractivity contribution in [2.24, 2.45) is 10.1 Å². The average Bonchev–Trinajstić information content (AvgIpc) is 3.38. The summed E-state index contributed by atoms with van der Waals surface area (Å²) in [4.78, 5) is 19.8. The highest BCUT2D eigenvalue weighted by Crippen LogP contribution is 2.32. The summed E-state index contributed by atoms with van der Waals surface area (Å²) in [5, 5.41) is 6.23. The predicted molar refractivity (Wildman–Crippen MR) is 157 cm³/mol. The van der Waals surface area contributed by atoms with Crippen LogP contribution in [0, 0.1) is 0 Å². The number of primary sulfonamides is 1. The second kappa shape index (κ2) is 11.1. The fourth-order valence-corrected chi connectivity index (χ4v) is 5.96. The number of fused-ring (bicyclic) bond motifs is 1. The zero-order valence-electron chi connectivity index (χ0n) is 22.6. The maximum atomic E-state index is 11.8. The van der Waals surface area contributed by atoms with Crippen molar-refractivity contribution in [3.8, 4) is 11.3 Å². The number of aromatic nitrogens is 3. The Kier molecular flexibility index (Phi) is 7.63. The summed E-state index contributed by atoms with van der Waals surface area (Å²) in [5.74, 6) is 1.20. The smallest absolute Gasteiger partial charge is 0.238 e. The lowest BCUT2D eigenvalue weighted by Gasteiger charge is -2.30. The van der Waals surface area contributed by atoms with E-state index in [0.717, 1.165) is 66.2 Å². The number of benzene rings is 2. The van der Waals surface area contributed by atoms with Crippen LogP contribution in [0.4, 0.5) is 5.82 Å². The molecule has 1 fully saturated rings. The first kappa shape index (κ1) is 26.8. The quantitative estimate of drug-likeness (QED) is 0.286. The Bertz CT molecular complexity index is 1650.